The van der Waals surface area contributed by atoms with E-state index in [2.05, 4.69) is 39.0 Å². The number of rotatable bonds is 5. The molecule has 7 heteroatoms. The van der Waals surface area contributed by atoms with Crippen LogP contribution in [0.5, 0.6) is 0 Å². The molecule has 1 atom stereocenters. The Balaban J connectivity index is 1.67. The van der Waals surface area contributed by atoms with E-state index >= 15 is 0 Å². The first-order chi connectivity index (χ1) is 10.1. The Morgan fingerprint density at radius 1 is 1.24 bits per heavy atom. The second-order valence-electron chi connectivity index (χ2n) is 6.00. The quantitative estimate of drug-likeness (QED) is 0.836. The fourth-order valence-corrected chi connectivity index (χ4v) is 2.73. The van der Waals surface area contributed by atoms with Gasteiger partial charge in [-0.3, -0.25) is 4.90 Å². The van der Waals surface area contributed by atoms with E-state index in [9.17, 15) is 0 Å². The highest BCUT2D eigenvalue weighted by Crippen LogP contribution is 2.31. The molecule has 3 heterocycles. The zero-order chi connectivity index (χ0) is 14.8. The van der Waals surface area contributed by atoms with Gasteiger partial charge in [0, 0.05) is 13.3 Å². The van der Waals surface area contributed by atoms with E-state index in [1.165, 1.54) is 0 Å². The summed E-state index contributed by atoms with van der Waals surface area (Å²) < 4.78 is 10.4. The van der Waals surface area contributed by atoms with E-state index in [0.29, 0.717) is 24.2 Å². The maximum absolute atomic E-state index is 5.35. The van der Waals surface area contributed by atoms with Crippen LogP contribution in [0, 0.1) is 12.8 Å². The molecule has 0 amide bonds. The summed E-state index contributed by atoms with van der Waals surface area (Å²) >= 11 is 0. The highest BCUT2D eigenvalue weighted by Gasteiger charge is 2.30. The van der Waals surface area contributed by atoms with Crippen molar-refractivity contribution < 1.29 is 9.05 Å². The average Bonchev–Trinajstić information content (AvgIpc) is 3.11. The second kappa shape index (κ2) is 5.93. The molecule has 0 radical (unpaired) electrons. The zero-order valence-corrected chi connectivity index (χ0v) is 12.7. The van der Waals surface area contributed by atoms with Crippen LogP contribution < -0.4 is 0 Å². The third-order valence-corrected chi connectivity index (χ3v) is 3.64. The molecule has 0 N–H and O–H groups in total. The van der Waals surface area contributed by atoms with Crippen LogP contribution in [0.3, 0.4) is 0 Å². The van der Waals surface area contributed by atoms with Crippen LogP contribution >= 0.6 is 0 Å². The Kier molecular flexibility index (Phi) is 4.01. The van der Waals surface area contributed by atoms with Gasteiger partial charge >= 0.3 is 0 Å². The molecule has 0 spiro atoms. The van der Waals surface area contributed by atoms with E-state index in [-0.39, 0.29) is 6.04 Å². The van der Waals surface area contributed by atoms with E-state index < -0.39 is 0 Å². The third kappa shape index (κ3) is 3.29. The Bertz CT molecular complexity index is 592. The smallest absolute Gasteiger partial charge is 0.240 e. The second-order valence-corrected chi connectivity index (χ2v) is 6.00. The minimum atomic E-state index is 0.183. The highest BCUT2D eigenvalue weighted by molar-refractivity contribution is 4.99. The molecule has 2 aromatic rings. The molecule has 0 aromatic carbocycles. The van der Waals surface area contributed by atoms with E-state index in [4.69, 9.17) is 9.05 Å². The van der Waals surface area contributed by atoms with Crippen molar-refractivity contribution in [2.75, 3.05) is 6.54 Å². The summed E-state index contributed by atoms with van der Waals surface area (Å²) in [7, 11) is 0. The lowest BCUT2D eigenvalue weighted by molar-refractivity contribution is 0.202. The Morgan fingerprint density at radius 2 is 2.10 bits per heavy atom. The molecule has 1 unspecified atom stereocenters. The molecule has 0 aliphatic carbocycles. The van der Waals surface area contributed by atoms with Gasteiger partial charge in [-0.05, 0) is 25.3 Å². The molecule has 1 saturated heterocycles. The molecule has 0 bridgehead atoms. The van der Waals surface area contributed by atoms with Crippen LogP contribution in [-0.2, 0) is 13.0 Å². The number of aryl methyl sites for hydroxylation is 1. The summed E-state index contributed by atoms with van der Waals surface area (Å²) in [6.07, 6.45) is 2.99. The van der Waals surface area contributed by atoms with Crippen molar-refractivity contribution >= 4 is 0 Å². The maximum Gasteiger partial charge on any atom is 0.240 e. The Labute approximate surface area is 123 Å². The van der Waals surface area contributed by atoms with Crippen molar-refractivity contribution in [3.63, 3.8) is 0 Å². The summed E-state index contributed by atoms with van der Waals surface area (Å²) in [5.41, 5.74) is 0. The zero-order valence-electron chi connectivity index (χ0n) is 12.7. The summed E-state index contributed by atoms with van der Waals surface area (Å²) in [5.74, 6) is 3.34. The molecular formula is C14H21N5O2. The van der Waals surface area contributed by atoms with Gasteiger partial charge in [0.15, 0.2) is 11.6 Å². The number of hydrogen-bond acceptors (Lipinski definition) is 7. The summed E-state index contributed by atoms with van der Waals surface area (Å²) in [6.45, 7) is 7.73. The first-order valence-electron chi connectivity index (χ1n) is 7.47. The molecule has 3 rings (SSSR count). The predicted octanol–water partition coefficient (Wildman–Crippen LogP) is 2.30. The van der Waals surface area contributed by atoms with Gasteiger partial charge in [-0.25, -0.2) is 0 Å². The van der Waals surface area contributed by atoms with Crippen molar-refractivity contribution in [3.8, 4) is 0 Å². The van der Waals surface area contributed by atoms with Gasteiger partial charge in [0.25, 0.3) is 0 Å². The van der Waals surface area contributed by atoms with E-state index in [1.54, 1.807) is 0 Å². The molecule has 1 aliphatic rings. The lowest BCUT2D eigenvalue weighted by Gasteiger charge is -2.19. The van der Waals surface area contributed by atoms with Crippen LogP contribution in [0.2, 0.25) is 0 Å². The lowest BCUT2D eigenvalue weighted by Crippen LogP contribution is -2.23. The molecule has 7 nitrogen and oxygen atoms in total. The van der Waals surface area contributed by atoms with Crippen LogP contribution in [0.25, 0.3) is 0 Å². The van der Waals surface area contributed by atoms with Gasteiger partial charge in [-0.15, -0.1) is 0 Å². The molecule has 21 heavy (non-hydrogen) atoms. The van der Waals surface area contributed by atoms with Crippen LogP contribution in [0.1, 0.15) is 56.2 Å². The molecule has 114 valence electrons. The van der Waals surface area contributed by atoms with Crippen LogP contribution in [0.4, 0.5) is 0 Å². The minimum absolute atomic E-state index is 0.183. The monoisotopic (exact) mass is 291 g/mol. The largest absolute Gasteiger partial charge is 0.340 e. The lowest BCUT2D eigenvalue weighted by atomic mass is 10.1. The van der Waals surface area contributed by atoms with Gasteiger partial charge < -0.3 is 9.05 Å². The standard InChI is InChI=1S/C14H21N5O2/c1-9(2)7-12-16-13(21-17-12)8-19-6-4-5-11(19)14-15-10(3)20-18-14/h9,11H,4-8H2,1-3H3. The fraction of sp³-hybridized carbons (Fsp3) is 0.714. The van der Waals surface area contributed by atoms with Crippen molar-refractivity contribution in [3.05, 3.63) is 23.4 Å². The number of aromatic nitrogens is 4. The average molecular weight is 291 g/mol. The van der Waals surface area contributed by atoms with Crippen LogP contribution in [-0.4, -0.2) is 31.7 Å². The predicted molar refractivity (Wildman–Crippen MR) is 74.3 cm³/mol. The topological polar surface area (TPSA) is 81.1 Å². The van der Waals surface area contributed by atoms with Crippen molar-refractivity contribution in [2.45, 2.75) is 52.6 Å². The first-order valence-corrected chi connectivity index (χ1v) is 7.47. The fourth-order valence-electron chi connectivity index (χ4n) is 2.73. The SMILES string of the molecule is Cc1nc(C2CCCN2Cc2nc(CC(C)C)no2)no1. The Morgan fingerprint density at radius 3 is 2.81 bits per heavy atom. The summed E-state index contributed by atoms with van der Waals surface area (Å²) in [5, 5.41) is 8.08. The van der Waals surface area contributed by atoms with Gasteiger partial charge in [-0.2, -0.15) is 9.97 Å². The van der Waals surface area contributed by atoms with E-state index in [0.717, 1.165) is 37.5 Å². The molecule has 0 saturated carbocycles. The Hall–Kier alpha value is -1.76. The minimum Gasteiger partial charge on any atom is -0.340 e. The number of likely N-dealkylation sites (tertiary alicyclic amines) is 1. The molecule has 2 aromatic heterocycles. The maximum atomic E-state index is 5.35. The number of nitrogens with zero attached hydrogens (tertiary/aromatic N) is 5. The normalized spacial score (nSPS) is 19.7. The van der Waals surface area contributed by atoms with Crippen molar-refractivity contribution in [1.82, 2.24) is 25.2 Å². The van der Waals surface area contributed by atoms with Gasteiger partial charge in [0.05, 0.1) is 12.6 Å². The molecule has 1 fully saturated rings. The summed E-state index contributed by atoms with van der Waals surface area (Å²) in [4.78, 5) is 11.1. The molecular weight excluding hydrogens is 270 g/mol. The van der Waals surface area contributed by atoms with E-state index in [1.807, 2.05) is 6.92 Å². The summed E-state index contributed by atoms with van der Waals surface area (Å²) in [6, 6.07) is 0.183. The molecule has 1 aliphatic heterocycles. The van der Waals surface area contributed by atoms with Gasteiger partial charge in [0.2, 0.25) is 11.8 Å². The van der Waals surface area contributed by atoms with Crippen molar-refractivity contribution in [1.29, 1.82) is 0 Å². The van der Waals surface area contributed by atoms with Gasteiger partial charge in [-0.1, -0.05) is 24.2 Å². The third-order valence-electron chi connectivity index (χ3n) is 3.64. The van der Waals surface area contributed by atoms with Crippen molar-refractivity contribution in [2.24, 2.45) is 5.92 Å². The number of hydrogen-bond donors (Lipinski definition) is 0. The van der Waals surface area contributed by atoms with Crippen LogP contribution in [0.15, 0.2) is 9.05 Å². The van der Waals surface area contributed by atoms with Gasteiger partial charge in [0.1, 0.15) is 0 Å². The highest BCUT2D eigenvalue weighted by atomic mass is 16.5. The first kappa shape index (κ1) is 14.2.